The summed E-state index contributed by atoms with van der Waals surface area (Å²) in [6.45, 7) is -0.0504. The van der Waals surface area contributed by atoms with Crippen molar-refractivity contribution in [2.75, 3.05) is 21.3 Å². The average molecular weight is 399 g/mol. The molecule has 0 aromatic heterocycles. The van der Waals surface area contributed by atoms with E-state index in [1.54, 1.807) is 12.1 Å². The Morgan fingerprint density at radius 1 is 1.04 bits per heavy atom. The van der Waals surface area contributed by atoms with Crippen LogP contribution in [0.3, 0.4) is 0 Å². The number of ether oxygens (including phenoxy) is 4. The van der Waals surface area contributed by atoms with Crippen molar-refractivity contribution < 1.29 is 28.1 Å². The molecule has 0 heterocycles. The Morgan fingerprint density at radius 2 is 1.71 bits per heavy atom. The van der Waals surface area contributed by atoms with Crippen LogP contribution >= 0.6 is 15.9 Å². The zero-order valence-electron chi connectivity index (χ0n) is 13.4. The third-order valence-electron chi connectivity index (χ3n) is 3.31. The third-order valence-corrected chi connectivity index (χ3v) is 4.05. The largest absolute Gasteiger partial charge is 0.497 e. The van der Waals surface area contributed by atoms with E-state index in [-0.39, 0.29) is 12.2 Å². The molecule has 0 N–H and O–H groups in total. The second-order valence-corrected chi connectivity index (χ2v) is 5.57. The van der Waals surface area contributed by atoms with E-state index >= 15 is 0 Å². The maximum Gasteiger partial charge on any atom is 0.341 e. The Labute approximate surface area is 147 Å². The summed E-state index contributed by atoms with van der Waals surface area (Å²) < 4.78 is 35.0. The second kappa shape index (κ2) is 8.01. The number of rotatable bonds is 6. The SMILES string of the molecule is COc1ccc(C(=O)OCc2cc(OC)c(OC)cc2Br)c(F)c1. The molecule has 5 nitrogen and oxygen atoms in total. The molecule has 24 heavy (non-hydrogen) atoms. The van der Waals surface area contributed by atoms with Crippen LogP contribution in [0.1, 0.15) is 15.9 Å². The van der Waals surface area contributed by atoms with E-state index in [9.17, 15) is 9.18 Å². The molecule has 0 spiro atoms. The molecule has 0 aliphatic rings. The Balaban J connectivity index is 2.14. The highest BCUT2D eigenvalue weighted by molar-refractivity contribution is 9.10. The van der Waals surface area contributed by atoms with Gasteiger partial charge in [0.25, 0.3) is 0 Å². The lowest BCUT2D eigenvalue weighted by molar-refractivity contribution is 0.0466. The number of hydrogen-bond acceptors (Lipinski definition) is 5. The van der Waals surface area contributed by atoms with Crippen LogP contribution < -0.4 is 14.2 Å². The number of halogens is 2. The number of esters is 1. The predicted molar refractivity (Wildman–Crippen MR) is 89.3 cm³/mol. The van der Waals surface area contributed by atoms with Crippen LogP contribution in [0, 0.1) is 5.82 Å². The van der Waals surface area contributed by atoms with Gasteiger partial charge in [0.2, 0.25) is 0 Å². The van der Waals surface area contributed by atoms with E-state index in [1.807, 2.05) is 0 Å². The number of methoxy groups -OCH3 is 3. The zero-order valence-corrected chi connectivity index (χ0v) is 15.0. The summed E-state index contributed by atoms with van der Waals surface area (Å²) in [6, 6.07) is 7.33. The van der Waals surface area contributed by atoms with Gasteiger partial charge in [0, 0.05) is 16.1 Å². The van der Waals surface area contributed by atoms with E-state index in [2.05, 4.69) is 15.9 Å². The molecular weight excluding hydrogens is 383 g/mol. The minimum absolute atomic E-state index is 0.0504. The van der Waals surface area contributed by atoms with Crippen LogP contribution in [0.4, 0.5) is 4.39 Å². The molecule has 0 saturated heterocycles. The summed E-state index contributed by atoms with van der Waals surface area (Å²) in [7, 11) is 4.45. The molecule has 0 atom stereocenters. The molecule has 0 fully saturated rings. The monoisotopic (exact) mass is 398 g/mol. The van der Waals surface area contributed by atoms with E-state index < -0.39 is 11.8 Å². The van der Waals surface area contributed by atoms with Gasteiger partial charge in [-0.05, 0) is 24.3 Å². The topological polar surface area (TPSA) is 54.0 Å². The third kappa shape index (κ3) is 3.97. The summed E-state index contributed by atoms with van der Waals surface area (Å²) >= 11 is 3.37. The summed E-state index contributed by atoms with van der Waals surface area (Å²) in [5.41, 5.74) is 0.502. The van der Waals surface area contributed by atoms with Gasteiger partial charge in [0.05, 0.1) is 26.9 Å². The van der Waals surface area contributed by atoms with Crippen LogP contribution in [0.2, 0.25) is 0 Å². The van der Waals surface area contributed by atoms with Gasteiger partial charge >= 0.3 is 5.97 Å². The van der Waals surface area contributed by atoms with Crippen molar-refractivity contribution in [1.29, 1.82) is 0 Å². The van der Waals surface area contributed by atoms with Crippen molar-refractivity contribution >= 4 is 21.9 Å². The van der Waals surface area contributed by atoms with Gasteiger partial charge in [-0.25, -0.2) is 9.18 Å². The van der Waals surface area contributed by atoms with Crippen molar-refractivity contribution in [2.24, 2.45) is 0 Å². The standard InChI is InChI=1S/C17H16BrFO5/c1-21-11-4-5-12(14(19)7-11)17(20)24-9-10-6-15(22-2)16(23-3)8-13(10)18/h4-8H,9H2,1-3H3. The van der Waals surface area contributed by atoms with Crippen molar-refractivity contribution in [2.45, 2.75) is 6.61 Å². The molecular formula is C17H16BrFO5. The van der Waals surface area contributed by atoms with Gasteiger partial charge in [-0.2, -0.15) is 0 Å². The fourth-order valence-corrected chi connectivity index (χ4v) is 2.45. The fourth-order valence-electron chi connectivity index (χ4n) is 2.02. The molecule has 0 aliphatic carbocycles. The highest BCUT2D eigenvalue weighted by Crippen LogP contribution is 2.33. The number of carbonyl (C=O) groups excluding carboxylic acids is 1. The maximum absolute atomic E-state index is 13.9. The predicted octanol–water partition coefficient (Wildman–Crippen LogP) is 3.97. The lowest BCUT2D eigenvalue weighted by atomic mass is 10.2. The van der Waals surface area contributed by atoms with Gasteiger partial charge in [0.15, 0.2) is 11.5 Å². The van der Waals surface area contributed by atoms with Crippen LogP contribution in [-0.2, 0) is 11.3 Å². The first kappa shape index (κ1) is 18.1. The highest BCUT2D eigenvalue weighted by atomic mass is 79.9. The van der Waals surface area contributed by atoms with Crippen LogP contribution in [0.5, 0.6) is 17.2 Å². The first-order chi connectivity index (χ1) is 11.5. The van der Waals surface area contributed by atoms with Crippen molar-refractivity contribution in [3.63, 3.8) is 0 Å². The van der Waals surface area contributed by atoms with Gasteiger partial charge in [-0.15, -0.1) is 0 Å². The molecule has 2 rings (SSSR count). The van der Waals surface area contributed by atoms with E-state index in [4.69, 9.17) is 18.9 Å². The van der Waals surface area contributed by atoms with Crippen molar-refractivity contribution in [3.05, 3.63) is 51.7 Å². The lowest BCUT2D eigenvalue weighted by Crippen LogP contribution is -2.08. The van der Waals surface area contributed by atoms with Crippen LogP contribution in [0.25, 0.3) is 0 Å². The average Bonchev–Trinajstić information content (AvgIpc) is 2.59. The molecule has 7 heteroatoms. The van der Waals surface area contributed by atoms with E-state index in [1.165, 1.54) is 33.5 Å². The maximum atomic E-state index is 13.9. The minimum Gasteiger partial charge on any atom is -0.497 e. The van der Waals surface area contributed by atoms with Crippen LogP contribution in [-0.4, -0.2) is 27.3 Å². The van der Waals surface area contributed by atoms with Gasteiger partial charge in [-0.1, -0.05) is 15.9 Å². The summed E-state index contributed by atoms with van der Waals surface area (Å²) in [5.74, 6) is -0.0997. The molecule has 0 aliphatic heterocycles. The Morgan fingerprint density at radius 3 is 2.29 bits per heavy atom. The van der Waals surface area contributed by atoms with E-state index in [0.717, 1.165) is 6.07 Å². The number of carbonyl (C=O) groups is 1. The molecule has 0 amide bonds. The van der Waals surface area contributed by atoms with Gasteiger partial charge in [0.1, 0.15) is 18.2 Å². The first-order valence-electron chi connectivity index (χ1n) is 6.91. The summed E-state index contributed by atoms with van der Waals surface area (Å²) in [5, 5.41) is 0. The molecule has 128 valence electrons. The molecule has 2 aromatic rings. The molecule has 0 saturated carbocycles. The minimum atomic E-state index is -0.767. The highest BCUT2D eigenvalue weighted by Gasteiger charge is 2.16. The molecule has 0 bridgehead atoms. The quantitative estimate of drug-likeness (QED) is 0.689. The second-order valence-electron chi connectivity index (χ2n) is 4.72. The smallest absolute Gasteiger partial charge is 0.341 e. The number of hydrogen-bond donors (Lipinski definition) is 0. The molecule has 2 aromatic carbocycles. The lowest BCUT2D eigenvalue weighted by Gasteiger charge is -2.12. The fraction of sp³-hybridized carbons (Fsp3) is 0.235. The Kier molecular flexibility index (Phi) is 6.03. The Bertz CT molecular complexity index is 748. The van der Waals surface area contributed by atoms with Crippen molar-refractivity contribution in [1.82, 2.24) is 0 Å². The van der Waals surface area contributed by atoms with Crippen molar-refractivity contribution in [3.8, 4) is 17.2 Å². The molecule has 0 radical (unpaired) electrons. The first-order valence-corrected chi connectivity index (χ1v) is 7.70. The van der Waals surface area contributed by atoms with E-state index in [0.29, 0.717) is 27.3 Å². The normalized spacial score (nSPS) is 10.2. The van der Waals surface area contributed by atoms with Gasteiger partial charge < -0.3 is 18.9 Å². The summed E-state index contributed by atoms with van der Waals surface area (Å²) in [6.07, 6.45) is 0. The van der Waals surface area contributed by atoms with Crippen LogP contribution in [0.15, 0.2) is 34.8 Å². The Hall–Kier alpha value is -2.28. The number of benzene rings is 2. The van der Waals surface area contributed by atoms with Gasteiger partial charge in [-0.3, -0.25) is 0 Å². The molecule has 0 unspecified atom stereocenters. The zero-order chi connectivity index (χ0) is 17.7. The summed E-state index contributed by atoms with van der Waals surface area (Å²) in [4.78, 5) is 12.1.